The van der Waals surface area contributed by atoms with Gasteiger partial charge in [-0.05, 0) is 40.5 Å². The Morgan fingerprint density at radius 3 is 2.29 bits per heavy atom. The lowest BCUT2D eigenvalue weighted by Gasteiger charge is -2.19. The summed E-state index contributed by atoms with van der Waals surface area (Å²) in [6.45, 7) is 8.55. The number of unbranched alkanes of at least 4 members (excludes halogenated alkanes) is 1. The predicted molar refractivity (Wildman–Crippen MR) is 66.8 cm³/mol. The minimum absolute atomic E-state index is 0.0600. The zero-order chi connectivity index (χ0) is 13.3. The average Bonchev–Trinajstić information content (AvgIpc) is 2.14. The van der Waals surface area contributed by atoms with E-state index in [0.717, 1.165) is 12.8 Å². The Hall–Kier alpha value is -1.26. The normalized spacial score (nSPS) is 10.8. The molecule has 0 saturated heterocycles. The Kier molecular flexibility index (Phi) is 7.34. The molecule has 5 heteroatoms. The van der Waals surface area contributed by atoms with Crippen molar-refractivity contribution in [3.8, 4) is 0 Å². The van der Waals surface area contributed by atoms with Gasteiger partial charge in [0.15, 0.2) is 0 Å². The van der Waals surface area contributed by atoms with E-state index in [9.17, 15) is 9.59 Å². The average molecular weight is 244 g/mol. The molecule has 2 amide bonds. The van der Waals surface area contributed by atoms with Gasteiger partial charge >= 0.3 is 6.09 Å². The van der Waals surface area contributed by atoms with Crippen LogP contribution in [0.4, 0.5) is 4.79 Å². The molecule has 0 rings (SSSR count). The number of nitrogens with one attached hydrogen (secondary N) is 2. The van der Waals surface area contributed by atoms with E-state index in [-0.39, 0.29) is 5.91 Å². The molecule has 0 aromatic heterocycles. The van der Waals surface area contributed by atoms with Crippen molar-refractivity contribution in [2.75, 3.05) is 13.1 Å². The molecule has 100 valence electrons. The van der Waals surface area contributed by atoms with Gasteiger partial charge in [0, 0.05) is 19.5 Å². The molecule has 0 fully saturated rings. The Labute approximate surface area is 103 Å². The maximum absolute atomic E-state index is 11.2. The highest BCUT2D eigenvalue weighted by Crippen LogP contribution is 2.06. The molecule has 0 aromatic rings. The summed E-state index contributed by atoms with van der Waals surface area (Å²) < 4.78 is 5.07. The van der Waals surface area contributed by atoms with Crippen LogP contribution in [0.3, 0.4) is 0 Å². The van der Waals surface area contributed by atoms with Crippen molar-refractivity contribution in [2.24, 2.45) is 0 Å². The highest BCUT2D eigenvalue weighted by Gasteiger charge is 2.15. The lowest BCUT2D eigenvalue weighted by atomic mass is 10.2. The summed E-state index contributed by atoms with van der Waals surface area (Å²) in [5.41, 5.74) is -0.467. The van der Waals surface area contributed by atoms with Gasteiger partial charge in [0.2, 0.25) is 5.91 Å². The summed E-state index contributed by atoms with van der Waals surface area (Å²) in [6.07, 6.45) is 1.64. The fourth-order valence-electron chi connectivity index (χ4n) is 1.20. The second-order valence-electron chi connectivity index (χ2n) is 4.84. The molecular weight excluding hydrogens is 220 g/mol. The predicted octanol–water partition coefficient (Wildman–Crippen LogP) is 1.82. The minimum atomic E-state index is -0.467. The lowest BCUT2D eigenvalue weighted by Crippen LogP contribution is -2.33. The molecule has 0 spiro atoms. The van der Waals surface area contributed by atoms with Gasteiger partial charge < -0.3 is 15.4 Å². The van der Waals surface area contributed by atoms with Crippen molar-refractivity contribution in [2.45, 2.75) is 52.6 Å². The maximum atomic E-state index is 11.2. The number of amides is 2. The molecular formula is C12H24N2O3. The first-order valence-corrected chi connectivity index (χ1v) is 6.08. The van der Waals surface area contributed by atoms with Crippen molar-refractivity contribution in [1.29, 1.82) is 0 Å². The van der Waals surface area contributed by atoms with Crippen LogP contribution in [0.5, 0.6) is 0 Å². The molecule has 0 aliphatic rings. The van der Waals surface area contributed by atoms with Gasteiger partial charge in [0.05, 0.1) is 0 Å². The van der Waals surface area contributed by atoms with Crippen LogP contribution in [0.15, 0.2) is 0 Å². The maximum Gasteiger partial charge on any atom is 0.407 e. The Morgan fingerprint density at radius 1 is 1.12 bits per heavy atom. The molecule has 0 heterocycles. The summed E-state index contributed by atoms with van der Waals surface area (Å²) >= 11 is 0. The third-order valence-electron chi connectivity index (χ3n) is 1.87. The van der Waals surface area contributed by atoms with Crippen LogP contribution in [0.1, 0.15) is 47.0 Å². The number of rotatable bonds is 6. The van der Waals surface area contributed by atoms with Crippen molar-refractivity contribution in [3.63, 3.8) is 0 Å². The van der Waals surface area contributed by atoms with Gasteiger partial charge in [0.1, 0.15) is 5.60 Å². The van der Waals surface area contributed by atoms with Crippen LogP contribution in [0.25, 0.3) is 0 Å². The van der Waals surface area contributed by atoms with Crippen LogP contribution in [0.2, 0.25) is 0 Å². The van der Waals surface area contributed by atoms with Crippen molar-refractivity contribution < 1.29 is 14.3 Å². The molecule has 2 N–H and O–H groups in total. The fraction of sp³-hybridized carbons (Fsp3) is 0.833. The first-order chi connectivity index (χ1) is 7.85. The van der Waals surface area contributed by atoms with Crippen LogP contribution in [0, 0.1) is 0 Å². The van der Waals surface area contributed by atoms with Gasteiger partial charge in [-0.3, -0.25) is 4.79 Å². The zero-order valence-electron chi connectivity index (χ0n) is 11.3. The molecule has 17 heavy (non-hydrogen) atoms. The van der Waals surface area contributed by atoms with Gasteiger partial charge in [0.25, 0.3) is 0 Å². The van der Waals surface area contributed by atoms with Gasteiger partial charge in [-0.15, -0.1) is 0 Å². The number of carbonyl (C=O) groups excluding carboxylic acids is 2. The first kappa shape index (κ1) is 15.7. The highest BCUT2D eigenvalue weighted by atomic mass is 16.6. The van der Waals surface area contributed by atoms with Crippen LogP contribution >= 0.6 is 0 Å². The molecule has 0 aliphatic carbocycles. The number of ether oxygens (including phenoxy) is 1. The summed E-state index contributed by atoms with van der Waals surface area (Å²) in [5, 5.41) is 5.38. The Morgan fingerprint density at radius 2 is 1.76 bits per heavy atom. The van der Waals surface area contributed by atoms with E-state index in [1.54, 1.807) is 0 Å². The van der Waals surface area contributed by atoms with Crippen molar-refractivity contribution in [3.05, 3.63) is 0 Å². The Bertz CT molecular complexity index is 247. The second-order valence-corrected chi connectivity index (χ2v) is 4.84. The minimum Gasteiger partial charge on any atom is -0.444 e. The molecule has 0 radical (unpaired) electrons. The molecule has 0 aromatic carbocycles. The lowest BCUT2D eigenvalue weighted by molar-refractivity contribution is -0.121. The standard InChI is InChI=1S/C12H24N2O3/c1-5-13-10(15)8-6-7-9-14-11(16)17-12(2,3)4/h5-9H2,1-4H3,(H,13,15)(H,14,16). The summed E-state index contributed by atoms with van der Waals surface area (Å²) in [7, 11) is 0. The largest absolute Gasteiger partial charge is 0.444 e. The number of hydrogen-bond acceptors (Lipinski definition) is 3. The molecule has 0 bridgehead atoms. The molecule has 0 saturated carbocycles. The fourth-order valence-corrected chi connectivity index (χ4v) is 1.20. The third kappa shape index (κ3) is 11.0. The van der Waals surface area contributed by atoms with Crippen LogP contribution < -0.4 is 10.6 Å². The number of hydrogen-bond donors (Lipinski definition) is 2. The van der Waals surface area contributed by atoms with E-state index in [1.165, 1.54) is 0 Å². The van der Waals surface area contributed by atoms with E-state index in [2.05, 4.69) is 10.6 Å². The van der Waals surface area contributed by atoms with Gasteiger partial charge in [-0.2, -0.15) is 0 Å². The van der Waals surface area contributed by atoms with E-state index in [1.807, 2.05) is 27.7 Å². The van der Waals surface area contributed by atoms with Crippen LogP contribution in [-0.2, 0) is 9.53 Å². The summed E-state index contributed by atoms with van der Waals surface area (Å²) in [6, 6.07) is 0. The third-order valence-corrected chi connectivity index (χ3v) is 1.87. The molecule has 0 aliphatic heterocycles. The van der Waals surface area contributed by atoms with E-state index < -0.39 is 11.7 Å². The highest BCUT2D eigenvalue weighted by molar-refractivity contribution is 5.75. The van der Waals surface area contributed by atoms with E-state index >= 15 is 0 Å². The molecule has 0 atom stereocenters. The monoisotopic (exact) mass is 244 g/mol. The zero-order valence-corrected chi connectivity index (χ0v) is 11.3. The summed E-state index contributed by atoms with van der Waals surface area (Å²) in [4.78, 5) is 22.4. The van der Waals surface area contributed by atoms with Crippen molar-refractivity contribution in [1.82, 2.24) is 10.6 Å². The van der Waals surface area contributed by atoms with Crippen LogP contribution in [-0.4, -0.2) is 30.7 Å². The molecule has 5 nitrogen and oxygen atoms in total. The molecule has 0 unspecified atom stereocenters. The van der Waals surface area contributed by atoms with Gasteiger partial charge in [-0.25, -0.2) is 4.79 Å². The number of alkyl carbamates (subject to hydrolysis) is 1. The topological polar surface area (TPSA) is 67.4 Å². The summed E-state index contributed by atoms with van der Waals surface area (Å²) in [5.74, 6) is 0.0600. The quantitative estimate of drug-likeness (QED) is 0.700. The van der Waals surface area contributed by atoms with Crippen molar-refractivity contribution >= 4 is 12.0 Å². The first-order valence-electron chi connectivity index (χ1n) is 6.08. The SMILES string of the molecule is CCNC(=O)CCCCNC(=O)OC(C)(C)C. The Balaban J connectivity index is 3.46. The number of carbonyl (C=O) groups is 2. The van der Waals surface area contributed by atoms with E-state index in [4.69, 9.17) is 4.74 Å². The van der Waals surface area contributed by atoms with E-state index in [0.29, 0.717) is 19.5 Å². The van der Waals surface area contributed by atoms with Gasteiger partial charge in [-0.1, -0.05) is 0 Å². The smallest absolute Gasteiger partial charge is 0.407 e. The second kappa shape index (κ2) is 7.92.